The second kappa shape index (κ2) is 2.31. The van der Waals surface area contributed by atoms with Crippen molar-refractivity contribution in [1.29, 1.82) is 5.39 Å². The largest absolute Gasteiger partial charge is 0.622 e. The Morgan fingerprint density at radius 3 is 2.80 bits per heavy atom. The summed E-state index contributed by atoms with van der Waals surface area (Å²) in [6.45, 7) is 1.79. The van der Waals surface area contributed by atoms with Crippen LogP contribution in [0.3, 0.4) is 0 Å². The van der Waals surface area contributed by atoms with E-state index < -0.39 is 0 Å². The summed E-state index contributed by atoms with van der Waals surface area (Å²) in [4.78, 5) is 2.76. The van der Waals surface area contributed by atoms with Crippen LogP contribution in [0.15, 0.2) is 18.3 Å². The predicted octanol–water partition coefficient (Wildman–Crippen LogP) is 1.11. The Morgan fingerprint density at radius 2 is 2.30 bits per heavy atom. The number of hydrogen-bond acceptors (Lipinski definition) is 2. The Labute approximate surface area is 57.9 Å². The zero-order valence-electron chi connectivity index (χ0n) is 5.48. The van der Waals surface area contributed by atoms with Gasteiger partial charge in [-0.2, -0.15) is 0 Å². The average molecular weight is 136 g/mol. The molecule has 0 fully saturated rings. The summed E-state index contributed by atoms with van der Waals surface area (Å²) in [6.07, 6.45) is 1.34. The molecule has 0 aliphatic heterocycles. The molecule has 4 heteroatoms. The van der Waals surface area contributed by atoms with Gasteiger partial charge in [-0.1, -0.05) is 4.73 Å². The van der Waals surface area contributed by atoms with E-state index in [0.717, 1.165) is 5.56 Å². The maximum atomic E-state index is 10.7. The fraction of sp³-hybridized carbons (Fsp3) is 0.167. The number of hydrogen-bond donors (Lipinski definition) is 0. The molecule has 4 nitrogen and oxygen atoms in total. The first kappa shape index (κ1) is 6.49. The predicted molar refractivity (Wildman–Crippen MR) is 34.9 cm³/mol. The summed E-state index contributed by atoms with van der Waals surface area (Å²) in [5.41, 5.74) is 0.836. The molecular weight excluding hydrogens is 130 g/mol. The third-order valence-corrected chi connectivity index (χ3v) is 1.14. The topological polar surface area (TPSA) is 55.1 Å². The van der Waals surface area contributed by atoms with Crippen LogP contribution in [0.4, 0.5) is 5.82 Å². The fourth-order valence-corrected chi connectivity index (χ4v) is 0.651. The van der Waals surface area contributed by atoms with Gasteiger partial charge in [0, 0.05) is 5.56 Å². The van der Waals surface area contributed by atoms with E-state index in [-0.39, 0.29) is 5.82 Å². The summed E-state index contributed by atoms with van der Waals surface area (Å²) in [5, 5.41) is 18.9. The Bertz CT molecular complexity index is 290. The lowest BCUT2D eigenvalue weighted by molar-refractivity contribution is -0.589. The van der Waals surface area contributed by atoms with E-state index in [1.165, 1.54) is 12.3 Å². The van der Waals surface area contributed by atoms with Gasteiger partial charge in [-0.05, 0) is 13.0 Å². The van der Waals surface area contributed by atoms with Crippen molar-refractivity contribution in [2.24, 2.45) is 0 Å². The molecule has 1 aromatic heterocycles. The number of rotatable bonds is 0. The maximum absolute atomic E-state index is 10.7. The molecule has 0 aromatic carbocycles. The van der Waals surface area contributed by atoms with Gasteiger partial charge in [0.1, 0.15) is 6.07 Å². The molecule has 0 amide bonds. The molecule has 0 saturated carbocycles. The molecule has 0 saturated heterocycles. The highest BCUT2D eigenvalue weighted by atomic mass is 16.5. The molecular formula is C6H6N3O+. The zero-order valence-corrected chi connectivity index (χ0v) is 5.48. The minimum atomic E-state index is 0.00519. The number of aryl methyl sites for hydroxylation is 1. The highest BCUT2D eigenvalue weighted by molar-refractivity contribution is 5.28. The molecule has 0 spiro atoms. The van der Waals surface area contributed by atoms with Gasteiger partial charge in [0.05, 0.1) is 0 Å². The first-order valence-electron chi connectivity index (χ1n) is 2.79. The molecule has 0 atom stereocenters. The Hall–Kier alpha value is -1.63. The molecule has 10 heavy (non-hydrogen) atoms. The molecule has 0 aliphatic rings. The SMILES string of the molecule is Cc1ccc([N+]#N)[n+]([O-])c1. The lowest BCUT2D eigenvalue weighted by Crippen LogP contribution is -2.25. The summed E-state index contributed by atoms with van der Waals surface area (Å²) in [6, 6.07) is 3.14. The zero-order chi connectivity index (χ0) is 7.56. The molecule has 1 aromatic rings. The Kier molecular flexibility index (Phi) is 1.50. The summed E-state index contributed by atoms with van der Waals surface area (Å²) in [5.74, 6) is 0.00519. The number of nitrogens with zero attached hydrogens (tertiary/aromatic N) is 3. The number of pyridine rings is 1. The minimum absolute atomic E-state index is 0.00519. The highest BCUT2D eigenvalue weighted by Crippen LogP contribution is 2.03. The standard InChI is InChI=1S/C6H6N3O/c1-5-2-3-6(8-7)9(10)4-5/h2-4H,1H3/q+1. The van der Waals surface area contributed by atoms with E-state index in [4.69, 9.17) is 5.39 Å². The van der Waals surface area contributed by atoms with Gasteiger partial charge in [-0.15, -0.1) is 0 Å². The molecule has 1 heterocycles. The van der Waals surface area contributed by atoms with Crippen molar-refractivity contribution in [3.8, 4) is 0 Å². The van der Waals surface area contributed by atoms with Crippen LogP contribution in [0.2, 0.25) is 0 Å². The molecule has 0 unspecified atom stereocenters. The monoisotopic (exact) mass is 136 g/mol. The number of aromatic nitrogens is 1. The van der Waals surface area contributed by atoms with E-state index in [9.17, 15) is 5.21 Å². The van der Waals surface area contributed by atoms with Crippen molar-refractivity contribution in [1.82, 2.24) is 0 Å². The van der Waals surface area contributed by atoms with Crippen LogP contribution < -0.4 is 4.73 Å². The average Bonchev–Trinajstić information content (AvgIpc) is 1.88. The van der Waals surface area contributed by atoms with E-state index in [2.05, 4.69) is 4.98 Å². The van der Waals surface area contributed by atoms with Crippen LogP contribution in [-0.4, -0.2) is 0 Å². The normalized spacial score (nSPS) is 8.80. The van der Waals surface area contributed by atoms with Gasteiger partial charge < -0.3 is 5.21 Å². The third-order valence-electron chi connectivity index (χ3n) is 1.14. The van der Waals surface area contributed by atoms with Crippen LogP contribution >= 0.6 is 0 Å². The van der Waals surface area contributed by atoms with Crippen molar-refractivity contribution >= 4 is 5.82 Å². The lowest BCUT2D eigenvalue weighted by Gasteiger charge is -1.89. The summed E-state index contributed by atoms with van der Waals surface area (Å²) < 4.78 is 0.509. The van der Waals surface area contributed by atoms with E-state index in [1.807, 2.05) is 0 Å². The lowest BCUT2D eigenvalue weighted by atomic mass is 10.3. The van der Waals surface area contributed by atoms with Crippen LogP contribution in [0.25, 0.3) is 4.98 Å². The van der Waals surface area contributed by atoms with Crippen molar-refractivity contribution in [2.45, 2.75) is 6.92 Å². The van der Waals surface area contributed by atoms with Crippen LogP contribution in [0.1, 0.15) is 5.56 Å². The first-order chi connectivity index (χ1) is 4.74. The smallest absolute Gasteiger partial charge is 0.613 e. The molecule has 0 radical (unpaired) electrons. The highest BCUT2D eigenvalue weighted by Gasteiger charge is 2.15. The van der Waals surface area contributed by atoms with E-state index >= 15 is 0 Å². The Balaban J connectivity index is 3.23. The van der Waals surface area contributed by atoms with Gasteiger partial charge in [-0.3, -0.25) is 0 Å². The second-order valence-corrected chi connectivity index (χ2v) is 1.99. The molecule has 50 valence electrons. The van der Waals surface area contributed by atoms with Gasteiger partial charge in [0.2, 0.25) is 10.4 Å². The van der Waals surface area contributed by atoms with Crippen molar-refractivity contribution < 1.29 is 4.73 Å². The Morgan fingerprint density at radius 1 is 1.60 bits per heavy atom. The molecule has 1 rings (SSSR count). The van der Waals surface area contributed by atoms with Crippen molar-refractivity contribution in [3.05, 3.63) is 34.1 Å². The van der Waals surface area contributed by atoms with E-state index in [1.54, 1.807) is 13.0 Å². The summed E-state index contributed by atoms with van der Waals surface area (Å²) >= 11 is 0. The second-order valence-electron chi connectivity index (χ2n) is 1.99. The van der Waals surface area contributed by atoms with Crippen LogP contribution in [-0.2, 0) is 0 Å². The third kappa shape index (κ3) is 1.03. The van der Waals surface area contributed by atoms with Crippen molar-refractivity contribution in [3.63, 3.8) is 0 Å². The quantitative estimate of drug-likeness (QED) is 0.305. The summed E-state index contributed by atoms with van der Waals surface area (Å²) in [7, 11) is 0. The van der Waals surface area contributed by atoms with Gasteiger partial charge in [-0.25, -0.2) is 0 Å². The van der Waals surface area contributed by atoms with Gasteiger partial charge >= 0.3 is 5.82 Å². The van der Waals surface area contributed by atoms with E-state index in [0.29, 0.717) is 4.73 Å². The minimum Gasteiger partial charge on any atom is -0.613 e. The molecule has 0 bridgehead atoms. The number of diazo groups is 1. The van der Waals surface area contributed by atoms with Crippen LogP contribution in [0.5, 0.6) is 0 Å². The van der Waals surface area contributed by atoms with Crippen molar-refractivity contribution in [2.75, 3.05) is 0 Å². The first-order valence-corrected chi connectivity index (χ1v) is 2.79. The maximum Gasteiger partial charge on any atom is 0.622 e. The van der Waals surface area contributed by atoms with Crippen LogP contribution in [0, 0.1) is 17.5 Å². The van der Waals surface area contributed by atoms with Gasteiger partial charge in [0.15, 0.2) is 6.20 Å². The van der Waals surface area contributed by atoms with Gasteiger partial charge in [0.25, 0.3) is 0 Å². The molecule has 0 N–H and O–H groups in total. The molecule has 0 aliphatic carbocycles. The fourth-order valence-electron chi connectivity index (χ4n) is 0.651.